The van der Waals surface area contributed by atoms with E-state index in [1.54, 1.807) is 11.2 Å². The van der Waals surface area contributed by atoms with E-state index in [2.05, 4.69) is 20.1 Å². The van der Waals surface area contributed by atoms with Crippen LogP contribution < -0.4 is 5.32 Å². The molecule has 2 fully saturated rings. The Morgan fingerprint density at radius 2 is 1.86 bits per heavy atom. The summed E-state index contributed by atoms with van der Waals surface area (Å²) in [4.78, 5) is 14.4. The van der Waals surface area contributed by atoms with Gasteiger partial charge < -0.3 is 19.9 Å². The van der Waals surface area contributed by atoms with Crippen LogP contribution in [0, 0.1) is 0 Å². The summed E-state index contributed by atoms with van der Waals surface area (Å²) in [6, 6.07) is 10.1. The van der Waals surface area contributed by atoms with Crippen LogP contribution in [0.25, 0.3) is 0 Å². The van der Waals surface area contributed by atoms with Gasteiger partial charge in [-0.15, -0.1) is 10.2 Å². The second kappa shape index (κ2) is 8.31. The third-order valence-electron chi connectivity index (χ3n) is 6.20. The van der Waals surface area contributed by atoms with E-state index in [0.29, 0.717) is 38.5 Å². The van der Waals surface area contributed by atoms with Gasteiger partial charge in [-0.25, -0.2) is 4.79 Å². The van der Waals surface area contributed by atoms with Crippen molar-refractivity contribution in [1.29, 1.82) is 0 Å². The van der Waals surface area contributed by atoms with Gasteiger partial charge in [0.05, 0.1) is 12.1 Å². The minimum atomic E-state index is -0.848. The largest absolute Gasteiger partial charge is 0.385 e. The molecule has 1 aliphatic heterocycles. The quantitative estimate of drug-likeness (QED) is 0.850. The third-order valence-corrected chi connectivity index (χ3v) is 6.20. The number of rotatable bonds is 4. The lowest BCUT2D eigenvalue weighted by Crippen LogP contribution is -2.48. The topological polar surface area (TPSA) is 83.3 Å². The molecule has 1 aromatic carbocycles. The fourth-order valence-corrected chi connectivity index (χ4v) is 4.44. The molecule has 0 spiro atoms. The van der Waals surface area contributed by atoms with Crippen molar-refractivity contribution in [1.82, 2.24) is 25.0 Å². The molecule has 2 N–H and O–H groups in total. The van der Waals surface area contributed by atoms with Crippen LogP contribution in [0.4, 0.5) is 4.79 Å². The first-order valence-electron chi connectivity index (χ1n) is 10.3. The van der Waals surface area contributed by atoms with Gasteiger partial charge in [-0.2, -0.15) is 0 Å². The van der Waals surface area contributed by atoms with Crippen LogP contribution in [0.5, 0.6) is 0 Å². The summed E-state index contributed by atoms with van der Waals surface area (Å²) in [6.45, 7) is 1.45. The third kappa shape index (κ3) is 4.04. The molecule has 28 heavy (non-hydrogen) atoms. The van der Waals surface area contributed by atoms with E-state index in [1.165, 1.54) is 19.3 Å². The first-order chi connectivity index (χ1) is 13.7. The first kappa shape index (κ1) is 18.9. The molecule has 150 valence electrons. The number of carbonyl (C=O) groups excluding carboxylic acids is 1. The Morgan fingerprint density at radius 1 is 1.14 bits per heavy atom. The Morgan fingerprint density at radius 3 is 2.57 bits per heavy atom. The zero-order valence-corrected chi connectivity index (χ0v) is 16.3. The molecule has 0 bridgehead atoms. The molecule has 1 aromatic heterocycles. The number of benzene rings is 1. The Labute approximate surface area is 165 Å². The Balaban J connectivity index is 1.30. The summed E-state index contributed by atoms with van der Waals surface area (Å²) in [7, 11) is 0. The maximum absolute atomic E-state index is 12.6. The van der Waals surface area contributed by atoms with Crippen molar-refractivity contribution in [3.8, 4) is 0 Å². The van der Waals surface area contributed by atoms with Gasteiger partial charge in [-0.1, -0.05) is 49.6 Å². The molecule has 1 aliphatic carbocycles. The lowest BCUT2D eigenvalue weighted by atomic mass is 9.84. The molecule has 2 aromatic rings. The van der Waals surface area contributed by atoms with E-state index >= 15 is 0 Å². The molecule has 2 aliphatic rings. The number of aromatic nitrogens is 3. The Kier molecular flexibility index (Phi) is 5.62. The molecule has 2 amide bonds. The van der Waals surface area contributed by atoms with Crippen LogP contribution in [0.2, 0.25) is 0 Å². The summed E-state index contributed by atoms with van der Waals surface area (Å²) >= 11 is 0. The molecule has 0 atom stereocenters. The zero-order chi connectivity index (χ0) is 19.4. The van der Waals surface area contributed by atoms with Crippen molar-refractivity contribution in [2.45, 2.75) is 63.1 Å². The number of amides is 2. The molecular weight excluding hydrogens is 354 g/mol. The number of nitrogens with one attached hydrogen (secondary N) is 1. The molecule has 2 heterocycles. The fraction of sp³-hybridized carbons (Fsp3) is 0.571. The number of carbonyl (C=O) groups is 1. The highest BCUT2D eigenvalue weighted by atomic mass is 16.3. The van der Waals surface area contributed by atoms with Gasteiger partial charge in [0.15, 0.2) is 5.82 Å². The summed E-state index contributed by atoms with van der Waals surface area (Å²) in [5.41, 5.74) is 0.0785. The van der Waals surface area contributed by atoms with Crippen LogP contribution in [0.15, 0.2) is 36.7 Å². The number of piperidine rings is 1. The normalized spacial score (nSPS) is 20.1. The van der Waals surface area contributed by atoms with E-state index < -0.39 is 5.60 Å². The van der Waals surface area contributed by atoms with Crippen molar-refractivity contribution in [3.63, 3.8) is 0 Å². The monoisotopic (exact) mass is 383 g/mol. The highest BCUT2D eigenvalue weighted by Crippen LogP contribution is 2.32. The predicted molar refractivity (Wildman–Crippen MR) is 106 cm³/mol. The number of nitrogens with zero attached hydrogens (tertiary/aromatic N) is 4. The number of likely N-dealkylation sites (tertiary alicyclic amines) is 1. The van der Waals surface area contributed by atoms with Crippen LogP contribution in [0.1, 0.15) is 62.4 Å². The second-order valence-corrected chi connectivity index (χ2v) is 7.99. The van der Waals surface area contributed by atoms with Crippen molar-refractivity contribution in [2.75, 3.05) is 13.1 Å². The molecule has 7 nitrogen and oxygen atoms in total. The average Bonchev–Trinajstić information content (AvgIpc) is 3.22. The first-order valence-corrected chi connectivity index (χ1v) is 10.3. The molecule has 0 unspecified atom stereocenters. The number of hydrogen-bond acceptors (Lipinski definition) is 4. The number of aliphatic hydroxyl groups is 1. The van der Waals surface area contributed by atoms with E-state index in [1.807, 2.05) is 30.3 Å². The van der Waals surface area contributed by atoms with Gasteiger partial charge in [0.1, 0.15) is 6.33 Å². The van der Waals surface area contributed by atoms with E-state index in [4.69, 9.17) is 0 Å². The molecule has 7 heteroatoms. The number of urea groups is 1. The van der Waals surface area contributed by atoms with Gasteiger partial charge in [0, 0.05) is 19.1 Å². The van der Waals surface area contributed by atoms with Gasteiger partial charge in [-0.3, -0.25) is 0 Å². The highest BCUT2D eigenvalue weighted by molar-refractivity contribution is 5.74. The van der Waals surface area contributed by atoms with Gasteiger partial charge in [0.25, 0.3) is 0 Å². The van der Waals surface area contributed by atoms with Crippen LogP contribution in [-0.4, -0.2) is 43.9 Å². The van der Waals surface area contributed by atoms with Crippen LogP contribution in [-0.2, 0) is 12.1 Å². The number of hydrogen-bond donors (Lipinski definition) is 2. The van der Waals surface area contributed by atoms with E-state index in [9.17, 15) is 9.90 Å². The molecule has 0 radical (unpaired) electrons. The Bertz CT molecular complexity index is 777. The molecule has 1 saturated heterocycles. The maximum Gasteiger partial charge on any atom is 0.317 e. The zero-order valence-electron chi connectivity index (χ0n) is 16.3. The highest BCUT2D eigenvalue weighted by Gasteiger charge is 2.35. The summed E-state index contributed by atoms with van der Waals surface area (Å²) in [6.07, 6.45) is 8.98. The van der Waals surface area contributed by atoms with Crippen molar-refractivity contribution < 1.29 is 9.90 Å². The summed E-state index contributed by atoms with van der Waals surface area (Å²) in [5, 5.41) is 22.2. The summed E-state index contributed by atoms with van der Waals surface area (Å²) < 4.78 is 2.13. The van der Waals surface area contributed by atoms with Crippen molar-refractivity contribution in [2.24, 2.45) is 0 Å². The van der Waals surface area contributed by atoms with Crippen LogP contribution >= 0.6 is 0 Å². The van der Waals surface area contributed by atoms with Crippen molar-refractivity contribution in [3.05, 3.63) is 48.0 Å². The fourth-order valence-electron chi connectivity index (χ4n) is 4.44. The van der Waals surface area contributed by atoms with E-state index in [-0.39, 0.29) is 6.03 Å². The van der Waals surface area contributed by atoms with Gasteiger partial charge in [0.2, 0.25) is 0 Å². The molecule has 4 rings (SSSR count). The van der Waals surface area contributed by atoms with Gasteiger partial charge >= 0.3 is 6.03 Å². The standard InChI is InChI=1S/C21H29N5O2/c27-20(22-15-19-24-23-16-26(19)18-9-5-2-6-10-18)25-13-11-21(28,12-14-25)17-7-3-1-4-8-17/h1,3-4,7-8,16,18,28H,2,5-6,9-15H2,(H,22,27). The smallest absolute Gasteiger partial charge is 0.317 e. The van der Waals surface area contributed by atoms with Gasteiger partial charge in [-0.05, 0) is 31.2 Å². The SMILES string of the molecule is O=C(NCc1nncn1C1CCCCC1)N1CCC(O)(c2ccccc2)CC1. The lowest BCUT2D eigenvalue weighted by Gasteiger charge is -2.38. The molecular formula is C21H29N5O2. The predicted octanol–water partition coefficient (Wildman–Crippen LogP) is 2.98. The lowest BCUT2D eigenvalue weighted by molar-refractivity contribution is -0.0168. The van der Waals surface area contributed by atoms with Crippen LogP contribution in [0.3, 0.4) is 0 Å². The Hall–Kier alpha value is -2.41. The molecule has 1 saturated carbocycles. The minimum absolute atomic E-state index is 0.103. The second-order valence-electron chi connectivity index (χ2n) is 7.99. The van der Waals surface area contributed by atoms with Crippen molar-refractivity contribution >= 4 is 6.03 Å². The average molecular weight is 383 g/mol. The minimum Gasteiger partial charge on any atom is -0.385 e. The summed E-state index contributed by atoms with van der Waals surface area (Å²) in [5.74, 6) is 0.818. The van der Waals surface area contributed by atoms with E-state index in [0.717, 1.165) is 24.2 Å². The maximum atomic E-state index is 12.6.